The summed E-state index contributed by atoms with van der Waals surface area (Å²) in [6.45, 7) is 1.33. The van der Waals surface area contributed by atoms with E-state index in [1.54, 1.807) is 31.2 Å². The van der Waals surface area contributed by atoms with Crippen molar-refractivity contribution in [2.75, 3.05) is 30.6 Å². The van der Waals surface area contributed by atoms with E-state index in [-0.39, 0.29) is 23.7 Å². The first-order valence-corrected chi connectivity index (χ1v) is 9.10. The number of anilines is 3. The maximum atomic E-state index is 13.7. The molecule has 2 amide bonds. The second-order valence-electron chi connectivity index (χ2n) is 6.52. The number of aromatic nitrogens is 3. The van der Waals surface area contributed by atoms with Crippen LogP contribution in [-0.4, -0.2) is 41.0 Å². The summed E-state index contributed by atoms with van der Waals surface area (Å²) < 4.78 is 25.1. The van der Waals surface area contributed by atoms with Crippen molar-refractivity contribution in [3.05, 3.63) is 53.5 Å². The van der Waals surface area contributed by atoms with Crippen LogP contribution in [0.3, 0.4) is 0 Å². The van der Waals surface area contributed by atoms with Gasteiger partial charge in [-0.25, -0.2) is 9.07 Å². The molecular weight excluding hydrogens is 407 g/mol. The van der Waals surface area contributed by atoms with Gasteiger partial charge in [-0.15, -0.1) is 5.10 Å². The molecule has 0 aliphatic rings. The molecule has 162 valence electrons. The molecule has 3 rings (SSSR count). The van der Waals surface area contributed by atoms with Gasteiger partial charge in [-0.3, -0.25) is 9.59 Å². The Bertz CT molecular complexity index is 1130. The molecule has 0 radical (unpaired) electrons. The zero-order valence-corrected chi connectivity index (χ0v) is 17.1. The van der Waals surface area contributed by atoms with Crippen LogP contribution in [0.1, 0.15) is 16.1 Å². The average Bonchev–Trinajstić information content (AvgIpc) is 3.10. The third-order valence-corrected chi connectivity index (χ3v) is 4.38. The molecule has 0 bridgehead atoms. The molecule has 0 saturated heterocycles. The third kappa shape index (κ3) is 4.89. The third-order valence-electron chi connectivity index (χ3n) is 4.38. The normalized spacial score (nSPS) is 10.5. The van der Waals surface area contributed by atoms with Crippen LogP contribution in [0.2, 0.25) is 0 Å². The molecule has 1 aromatic heterocycles. The average molecular weight is 428 g/mol. The van der Waals surface area contributed by atoms with Crippen LogP contribution in [0.4, 0.5) is 21.6 Å². The number of carbonyl (C=O) groups excluding carboxylic acids is 2. The number of rotatable bonds is 7. The number of hydrogen-bond donors (Lipinski definition) is 3. The summed E-state index contributed by atoms with van der Waals surface area (Å²) in [7, 11) is 2.99. The van der Waals surface area contributed by atoms with E-state index in [0.717, 1.165) is 4.68 Å². The van der Waals surface area contributed by atoms with Crippen molar-refractivity contribution in [3.8, 4) is 11.5 Å². The molecule has 2 aromatic carbocycles. The molecule has 1 heterocycles. The highest BCUT2D eigenvalue weighted by molar-refractivity contribution is 6.05. The molecule has 0 spiro atoms. The molecule has 0 unspecified atom stereocenters. The highest BCUT2D eigenvalue weighted by Gasteiger charge is 2.19. The molecule has 0 fully saturated rings. The molecule has 0 aliphatic heterocycles. The van der Waals surface area contributed by atoms with Crippen LogP contribution in [0, 0.1) is 12.7 Å². The van der Waals surface area contributed by atoms with Crippen molar-refractivity contribution in [2.24, 2.45) is 0 Å². The largest absolute Gasteiger partial charge is 0.493 e. The summed E-state index contributed by atoms with van der Waals surface area (Å²) in [4.78, 5) is 24.8. The van der Waals surface area contributed by atoms with Gasteiger partial charge in [-0.1, -0.05) is 11.3 Å². The molecule has 31 heavy (non-hydrogen) atoms. The zero-order chi connectivity index (χ0) is 22.5. The first-order valence-electron chi connectivity index (χ1n) is 9.10. The van der Waals surface area contributed by atoms with E-state index < -0.39 is 17.6 Å². The Balaban J connectivity index is 1.67. The van der Waals surface area contributed by atoms with Gasteiger partial charge >= 0.3 is 0 Å². The summed E-state index contributed by atoms with van der Waals surface area (Å²) in [5.74, 6) is -0.713. The van der Waals surface area contributed by atoms with E-state index in [1.807, 2.05) is 0 Å². The highest BCUT2D eigenvalue weighted by atomic mass is 19.1. The molecule has 0 atom stereocenters. The topological polar surface area (TPSA) is 133 Å². The van der Waals surface area contributed by atoms with Gasteiger partial charge in [-0.05, 0) is 36.8 Å². The van der Waals surface area contributed by atoms with Gasteiger partial charge in [0.25, 0.3) is 5.91 Å². The quantitative estimate of drug-likeness (QED) is 0.525. The van der Waals surface area contributed by atoms with Crippen molar-refractivity contribution in [2.45, 2.75) is 13.5 Å². The van der Waals surface area contributed by atoms with Crippen LogP contribution in [-0.2, 0) is 11.3 Å². The number of nitrogen functional groups attached to an aromatic ring is 1. The van der Waals surface area contributed by atoms with Gasteiger partial charge < -0.3 is 25.8 Å². The molecular formula is C20H21FN6O4. The molecule has 4 N–H and O–H groups in total. The van der Waals surface area contributed by atoms with Crippen LogP contribution in [0.25, 0.3) is 0 Å². The monoisotopic (exact) mass is 428 g/mol. The van der Waals surface area contributed by atoms with Gasteiger partial charge in [0.1, 0.15) is 12.4 Å². The number of carbonyl (C=O) groups is 2. The fraction of sp³-hybridized carbons (Fsp3) is 0.200. The van der Waals surface area contributed by atoms with E-state index in [2.05, 4.69) is 20.9 Å². The minimum Gasteiger partial charge on any atom is -0.493 e. The SMILES string of the molecule is COc1ccc(NC(=O)Cn2nnc(C(=O)Nc3ccc(C)c(F)c3)c2N)cc1OC. The second-order valence-corrected chi connectivity index (χ2v) is 6.52. The molecule has 3 aromatic rings. The van der Waals surface area contributed by atoms with Gasteiger partial charge in [0, 0.05) is 17.4 Å². The number of methoxy groups -OCH3 is 2. The maximum Gasteiger partial charge on any atom is 0.280 e. The van der Waals surface area contributed by atoms with Crippen molar-refractivity contribution in [1.82, 2.24) is 15.0 Å². The van der Waals surface area contributed by atoms with Gasteiger partial charge in [0.2, 0.25) is 5.91 Å². The predicted octanol–water partition coefficient (Wildman–Crippen LogP) is 2.22. The standard InChI is InChI=1S/C20H21FN6O4/c1-11-4-5-12(8-14(11)21)24-20(29)18-19(22)27(26-25-18)10-17(28)23-13-6-7-15(30-2)16(9-13)31-3/h4-9H,10,22H2,1-3H3,(H,23,28)(H,24,29). The number of amides is 2. The number of ether oxygens (including phenoxy) is 2. The number of halogens is 1. The molecule has 11 heteroatoms. The number of benzene rings is 2. The Hall–Kier alpha value is -4.15. The van der Waals surface area contributed by atoms with Crippen molar-refractivity contribution in [3.63, 3.8) is 0 Å². The van der Waals surface area contributed by atoms with Crippen LogP contribution in [0.15, 0.2) is 36.4 Å². The fourth-order valence-electron chi connectivity index (χ4n) is 2.71. The smallest absolute Gasteiger partial charge is 0.280 e. The van der Waals surface area contributed by atoms with Crippen molar-refractivity contribution >= 4 is 29.0 Å². The number of aryl methyl sites for hydroxylation is 1. The van der Waals surface area contributed by atoms with Crippen molar-refractivity contribution in [1.29, 1.82) is 0 Å². The van der Waals surface area contributed by atoms with E-state index >= 15 is 0 Å². The lowest BCUT2D eigenvalue weighted by Crippen LogP contribution is -2.21. The summed E-state index contributed by atoms with van der Waals surface area (Å²) >= 11 is 0. The molecule has 0 saturated carbocycles. The van der Waals surface area contributed by atoms with Gasteiger partial charge in [0.05, 0.1) is 14.2 Å². The number of hydrogen-bond acceptors (Lipinski definition) is 7. The Labute approximate surface area is 177 Å². The van der Waals surface area contributed by atoms with Crippen LogP contribution in [0.5, 0.6) is 11.5 Å². The van der Waals surface area contributed by atoms with Crippen molar-refractivity contribution < 1.29 is 23.5 Å². The summed E-state index contributed by atoms with van der Waals surface area (Å²) in [5, 5.41) is 12.7. The number of nitrogens with zero attached hydrogens (tertiary/aromatic N) is 3. The Morgan fingerprint density at radius 2 is 1.74 bits per heavy atom. The van der Waals surface area contributed by atoms with Gasteiger partial charge in [-0.2, -0.15) is 0 Å². The highest BCUT2D eigenvalue weighted by Crippen LogP contribution is 2.29. The van der Waals surface area contributed by atoms with Crippen LogP contribution < -0.4 is 25.8 Å². The number of nitrogens with two attached hydrogens (primary N) is 1. The lowest BCUT2D eigenvalue weighted by atomic mass is 10.2. The predicted molar refractivity (Wildman–Crippen MR) is 112 cm³/mol. The van der Waals surface area contributed by atoms with E-state index in [9.17, 15) is 14.0 Å². The minimum absolute atomic E-state index is 0.104. The van der Waals surface area contributed by atoms with Gasteiger partial charge in [0.15, 0.2) is 23.0 Å². The maximum absolute atomic E-state index is 13.7. The first kappa shape index (κ1) is 21.6. The van der Waals surface area contributed by atoms with E-state index in [4.69, 9.17) is 15.2 Å². The summed E-state index contributed by atoms with van der Waals surface area (Å²) in [6, 6.07) is 9.15. The van der Waals surface area contributed by atoms with E-state index in [1.165, 1.54) is 26.4 Å². The Morgan fingerprint density at radius 3 is 2.42 bits per heavy atom. The zero-order valence-electron chi connectivity index (χ0n) is 17.1. The minimum atomic E-state index is -0.674. The Morgan fingerprint density at radius 1 is 1.06 bits per heavy atom. The van der Waals surface area contributed by atoms with E-state index in [0.29, 0.717) is 22.7 Å². The second kappa shape index (κ2) is 9.11. The lowest BCUT2D eigenvalue weighted by molar-refractivity contribution is -0.116. The Kier molecular flexibility index (Phi) is 6.34. The summed E-state index contributed by atoms with van der Waals surface area (Å²) in [6.07, 6.45) is 0. The fourth-order valence-corrected chi connectivity index (χ4v) is 2.71. The summed E-state index contributed by atoms with van der Waals surface area (Å²) in [5.41, 5.74) is 6.91. The van der Waals surface area contributed by atoms with Crippen LogP contribution >= 0.6 is 0 Å². The molecule has 0 aliphatic carbocycles. The first-order chi connectivity index (χ1) is 14.8. The number of nitrogens with one attached hydrogen (secondary N) is 2. The lowest BCUT2D eigenvalue weighted by Gasteiger charge is -2.11. The molecule has 10 nitrogen and oxygen atoms in total.